The lowest BCUT2D eigenvalue weighted by Gasteiger charge is -2.23. The quantitative estimate of drug-likeness (QED) is 0.829. The molecule has 1 amide bonds. The van der Waals surface area contributed by atoms with Gasteiger partial charge in [0.15, 0.2) is 0 Å². The summed E-state index contributed by atoms with van der Waals surface area (Å²) in [6, 6.07) is 7.10. The number of hydrogen-bond acceptors (Lipinski definition) is 3. The molecule has 0 aliphatic carbocycles. The summed E-state index contributed by atoms with van der Waals surface area (Å²) in [6.07, 6.45) is 0. The predicted molar refractivity (Wildman–Crippen MR) is 75.5 cm³/mol. The molecule has 1 aromatic rings. The zero-order chi connectivity index (χ0) is 15.1. The molecule has 1 N–H and O–H groups in total. The monoisotopic (exact) mass is 279 g/mol. The average molecular weight is 279 g/mol. The Hall–Kier alpha value is -1.88. The van der Waals surface area contributed by atoms with Crippen LogP contribution in [0.25, 0.3) is 0 Å². The van der Waals surface area contributed by atoms with Crippen LogP contribution in [0.5, 0.6) is 0 Å². The molecule has 110 valence electrons. The third-order valence-electron chi connectivity index (χ3n) is 2.75. The molecule has 20 heavy (non-hydrogen) atoms. The summed E-state index contributed by atoms with van der Waals surface area (Å²) in [6.45, 7) is 4.33. The summed E-state index contributed by atoms with van der Waals surface area (Å²) in [7, 11) is 1.56. The molecule has 0 heterocycles. The van der Waals surface area contributed by atoms with Gasteiger partial charge in [0.2, 0.25) is 0 Å². The van der Waals surface area contributed by atoms with Crippen molar-refractivity contribution in [2.45, 2.75) is 20.5 Å². The van der Waals surface area contributed by atoms with Crippen LogP contribution in [-0.2, 0) is 16.1 Å². The average Bonchev–Trinajstić information content (AvgIpc) is 2.37. The molecule has 0 fully saturated rings. The van der Waals surface area contributed by atoms with Gasteiger partial charge >= 0.3 is 5.97 Å². The summed E-state index contributed by atoms with van der Waals surface area (Å²) in [5.74, 6) is -1.08. The minimum Gasteiger partial charge on any atom is -0.480 e. The Labute approximate surface area is 119 Å². The number of carbonyl (C=O) groups excluding carboxylic acids is 1. The van der Waals surface area contributed by atoms with Crippen molar-refractivity contribution in [3.8, 4) is 0 Å². The largest absolute Gasteiger partial charge is 0.480 e. The van der Waals surface area contributed by atoms with Gasteiger partial charge in [0.1, 0.15) is 6.54 Å². The van der Waals surface area contributed by atoms with Crippen molar-refractivity contribution in [3.63, 3.8) is 0 Å². The van der Waals surface area contributed by atoms with Crippen molar-refractivity contribution in [1.82, 2.24) is 4.90 Å². The molecule has 0 radical (unpaired) electrons. The maximum absolute atomic E-state index is 12.5. The number of amides is 1. The summed E-state index contributed by atoms with van der Waals surface area (Å²) >= 11 is 0. The van der Waals surface area contributed by atoms with Gasteiger partial charge in [-0.1, -0.05) is 32.0 Å². The molecular formula is C15H21NO4. The van der Waals surface area contributed by atoms with Gasteiger partial charge in [-0.3, -0.25) is 9.59 Å². The van der Waals surface area contributed by atoms with Crippen LogP contribution in [0.4, 0.5) is 0 Å². The number of methoxy groups -OCH3 is 1. The van der Waals surface area contributed by atoms with E-state index in [1.807, 2.05) is 26.0 Å². The summed E-state index contributed by atoms with van der Waals surface area (Å²) in [5.41, 5.74) is 1.26. The second kappa shape index (κ2) is 7.65. The molecule has 0 aromatic heterocycles. The highest BCUT2D eigenvalue weighted by Gasteiger charge is 2.21. The van der Waals surface area contributed by atoms with Crippen LogP contribution in [0.1, 0.15) is 29.8 Å². The van der Waals surface area contributed by atoms with Crippen LogP contribution in [0, 0.1) is 5.92 Å². The summed E-state index contributed by atoms with van der Waals surface area (Å²) in [4.78, 5) is 24.8. The van der Waals surface area contributed by atoms with Gasteiger partial charge < -0.3 is 14.7 Å². The zero-order valence-electron chi connectivity index (χ0n) is 12.1. The van der Waals surface area contributed by atoms with Crippen molar-refractivity contribution in [3.05, 3.63) is 35.4 Å². The molecule has 0 unspecified atom stereocenters. The number of ether oxygens (including phenoxy) is 1. The van der Waals surface area contributed by atoms with Crippen LogP contribution in [0.2, 0.25) is 0 Å². The standard InChI is InChI=1S/C15H21NO4/c1-11(2)8-16(9-14(17)18)15(19)13-7-5-4-6-12(13)10-20-3/h4-7,11H,8-10H2,1-3H3,(H,17,18). The number of carboxylic acids is 1. The van der Waals surface area contributed by atoms with E-state index in [-0.39, 0.29) is 18.4 Å². The highest BCUT2D eigenvalue weighted by atomic mass is 16.5. The third-order valence-corrected chi connectivity index (χ3v) is 2.75. The molecular weight excluding hydrogens is 258 g/mol. The Bertz CT molecular complexity index is 471. The fraction of sp³-hybridized carbons (Fsp3) is 0.467. The molecule has 0 spiro atoms. The summed E-state index contributed by atoms with van der Waals surface area (Å²) < 4.78 is 5.07. The molecule has 5 heteroatoms. The van der Waals surface area contributed by atoms with E-state index >= 15 is 0 Å². The molecule has 0 aliphatic heterocycles. The minimum absolute atomic E-state index is 0.202. The van der Waals surface area contributed by atoms with E-state index < -0.39 is 5.97 Å². The second-order valence-electron chi connectivity index (χ2n) is 5.06. The Kier molecular flexibility index (Phi) is 6.18. The Balaban J connectivity index is 3.01. The lowest BCUT2D eigenvalue weighted by atomic mass is 10.1. The highest BCUT2D eigenvalue weighted by molar-refractivity contribution is 5.97. The van der Waals surface area contributed by atoms with Crippen LogP contribution in [-0.4, -0.2) is 42.1 Å². The first-order chi connectivity index (χ1) is 9.45. The number of aliphatic carboxylic acids is 1. The first kappa shape index (κ1) is 16.2. The molecule has 1 rings (SSSR count). The Morgan fingerprint density at radius 1 is 1.30 bits per heavy atom. The smallest absolute Gasteiger partial charge is 0.323 e. The Morgan fingerprint density at radius 2 is 1.95 bits per heavy atom. The zero-order valence-corrected chi connectivity index (χ0v) is 12.1. The lowest BCUT2D eigenvalue weighted by molar-refractivity contribution is -0.137. The van der Waals surface area contributed by atoms with Gasteiger partial charge in [0.05, 0.1) is 6.61 Å². The summed E-state index contributed by atoms with van der Waals surface area (Å²) in [5, 5.41) is 8.95. The molecule has 0 bridgehead atoms. The normalized spacial score (nSPS) is 10.6. The van der Waals surface area contributed by atoms with Crippen LogP contribution in [0.15, 0.2) is 24.3 Å². The van der Waals surface area contributed by atoms with Crippen LogP contribution >= 0.6 is 0 Å². The predicted octanol–water partition coefficient (Wildman–Crippen LogP) is 2.02. The van der Waals surface area contributed by atoms with Gasteiger partial charge in [0.25, 0.3) is 5.91 Å². The number of nitrogens with zero attached hydrogens (tertiary/aromatic N) is 1. The molecule has 0 aliphatic rings. The fourth-order valence-corrected chi connectivity index (χ4v) is 2.00. The van der Waals surface area contributed by atoms with E-state index in [0.29, 0.717) is 18.7 Å². The van der Waals surface area contributed by atoms with E-state index in [2.05, 4.69) is 0 Å². The van der Waals surface area contributed by atoms with Crippen LogP contribution in [0.3, 0.4) is 0 Å². The van der Waals surface area contributed by atoms with Gasteiger partial charge in [-0.15, -0.1) is 0 Å². The number of hydrogen-bond donors (Lipinski definition) is 1. The van der Waals surface area contributed by atoms with E-state index in [1.165, 1.54) is 4.90 Å². The number of carbonyl (C=O) groups is 2. The van der Waals surface area contributed by atoms with Crippen molar-refractivity contribution in [2.75, 3.05) is 20.2 Å². The van der Waals surface area contributed by atoms with E-state index in [9.17, 15) is 9.59 Å². The van der Waals surface area contributed by atoms with Crippen molar-refractivity contribution in [1.29, 1.82) is 0 Å². The van der Waals surface area contributed by atoms with Gasteiger partial charge in [-0.25, -0.2) is 0 Å². The van der Waals surface area contributed by atoms with E-state index in [0.717, 1.165) is 5.56 Å². The number of carboxylic acid groups (broad SMARTS) is 1. The maximum Gasteiger partial charge on any atom is 0.323 e. The Morgan fingerprint density at radius 3 is 2.50 bits per heavy atom. The second-order valence-corrected chi connectivity index (χ2v) is 5.06. The SMILES string of the molecule is COCc1ccccc1C(=O)N(CC(=O)O)CC(C)C. The van der Waals surface area contributed by atoms with Gasteiger partial charge in [0, 0.05) is 19.2 Å². The molecule has 0 saturated heterocycles. The molecule has 5 nitrogen and oxygen atoms in total. The van der Waals surface area contributed by atoms with Gasteiger partial charge in [-0.2, -0.15) is 0 Å². The topological polar surface area (TPSA) is 66.8 Å². The first-order valence-corrected chi connectivity index (χ1v) is 6.53. The van der Waals surface area contributed by atoms with Crippen molar-refractivity contribution < 1.29 is 19.4 Å². The third kappa shape index (κ3) is 4.66. The maximum atomic E-state index is 12.5. The molecule has 0 atom stereocenters. The fourth-order valence-electron chi connectivity index (χ4n) is 2.00. The van der Waals surface area contributed by atoms with Crippen molar-refractivity contribution in [2.24, 2.45) is 5.92 Å². The minimum atomic E-state index is -1.01. The number of benzene rings is 1. The first-order valence-electron chi connectivity index (χ1n) is 6.53. The molecule has 0 saturated carbocycles. The lowest BCUT2D eigenvalue weighted by Crippen LogP contribution is -2.38. The van der Waals surface area contributed by atoms with Gasteiger partial charge in [-0.05, 0) is 17.5 Å². The van der Waals surface area contributed by atoms with E-state index in [4.69, 9.17) is 9.84 Å². The van der Waals surface area contributed by atoms with E-state index in [1.54, 1.807) is 19.2 Å². The molecule has 1 aromatic carbocycles. The number of rotatable bonds is 7. The van der Waals surface area contributed by atoms with Crippen LogP contribution < -0.4 is 0 Å². The van der Waals surface area contributed by atoms with Crippen molar-refractivity contribution >= 4 is 11.9 Å². The highest BCUT2D eigenvalue weighted by Crippen LogP contribution is 2.14.